The van der Waals surface area contributed by atoms with Crippen molar-refractivity contribution < 1.29 is 19.1 Å². The van der Waals surface area contributed by atoms with E-state index in [4.69, 9.17) is 9.47 Å². The minimum absolute atomic E-state index is 0.298. The number of nitrogens with one attached hydrogen (secondary N) is 1. The number of carbonyl (C=O) groups is 2. The van der Waals surface area contributed by atoms with Gasteiger partial charge in [0, 0.05) is 17.0 Å². The SMILES string of the molecule is COc1ccccc1CNC(=O)COC(=O)[C@@H](C)Sc1ccccc1. The lowest BCUT2D eigenvalue weighted by Crippen LogP contribution is -2.30. The van der Waals surface area contributed by atoms with Gasteiger partial charge in [-0.1, -0.05) is 36.4 Å². The first-order valence-electron chi connectivity index (χ1n) is 7.87. The Balaban J connectivity index is 1.74. The Hall–Kier alpha value is -2.47. The van der Waals surface area contributed by atoms with Crippen molar-refractivity contribution in [1.29, 1.82) is 0 Å². The molecule has 132 valence electrons. The Morgan fingerprint density at radius 2 is 1.76 bits per heavy atom. The van der Waals surface area contributed by atoms with E-state index in [1.165, 1.54) is 11.8 Å². The van der Waals surface area contributed by atoms with E-state index >= 15 is 0 Å². The molecule has 0 spiro atoms. The van der Waals surface area contributed by atoms with Crippen LogP contribution in [0.4, 0.5) is 0 Å². The number of para-hydroxylation sites is 1. The van der Waals surface area contributed by atoms with Crippen molar-refractivity contribution in [3.63, 3.8) is 0 Å². The van der Waals surface area contributed by atoms with Gasteiger partial charge in [0.15, 0.2) is 6.61 Å². The third-order valence-corrected chi connectivity index (χ3v) is 4.49. The summed E-state index contributed by atoms with van der Waals surface area (Å²) in [6.45, 7) is 1.77. The second kappa shape index (κ2) is 9.74. The predicted octanol–water partition coefficient (Wildman–Crippen LogP) is 3.04. The third kappa shape index (κ3) is 6.15. The first kappa shape index (κ1) is 18.9. The molecule has 0 heterocycles. The highest BCUT2D eigenvalue weighted by molar-refractivity contribution is 8.00. The zero-order chi connectivity index (χ0) is 18.1. The van der Waals surface area contributed by atoms with Crippen LogP contribution in [0.15, 0.2) is 59.5 Å². The van der Waals surface area contributed by atoms with Gasteiger partial charge in [-0.2, -0.15) is 0 Å². The molecule has 0 bridgehead atoms. The van der Waals surface area contributed by atoms with Gasteiger partial charge in [0.2, 0.25) is 0 Å². The quantitative estimate of drug-likeness (QED) is 0.580. The molecule has 0 aliphatic rings. The van der Waals surface area contributed by atoms with Crippen LogP contribution in [0.1, 0.15) is 12.5 Å². The van der Waals surface area contributed by atoms with Crippen molar-refractivity contribution in [2.24, 2.45) is 0 Å². The summed E-state index contributed by atoms with van der Waals surface area (Å²) in [5, 5.41) is 2.33. The monoisotopic (exact) mass is 359 g/mol. The van der Waals surface area contributed by atoms with E-state index in [1.54, 1.807) is 14.0 Å². The molecule has 0 saturated carbocycles. The summed E-state index contributed by atoms with van der Waals surface area (Å²) in [6, 6.07) is 17.0. The largest absolute Gasteiger partial charge is 0.496 e. The third-order valence-electron chi connectivity index (χ3n) is 3.40. The molecule has 1 N–H and O–H groups in total. The highest BCUT2D eigenvalue weighted by atomic mass is 32.2. The molecule has 0 aliphatic heterocycles. The molecule has 25 heavy (non-hydrogen) atoms. The van der Waals surface area contributed by atoms with Gasteiger partial charge in [-0.25, -0.2) is 0 Å². The first-order chi connectivity index (χ1) is 12.1. The van der Waals surface area contributed by atoms with Crippen molar-refractivity contribution >= 4 is 23.6 Å². The van der Waals surface area contributed by atoms with E-state index in [-0.39, 0.29) is 17.8 Å². The van der Waals surface area contributed by atoms with Crippen LogP contribution in [-0.2, 0) is 20.9 Å². The van der Waals surface area contributed by atoms with Gasteiger partial charge in [-0.05, 0) is 25.1 Å². The summed E-state index contributed by atoms with van der Waals surface area (Å²) < 4.78 is 10.3. The highest BCUT2D eigenvalue weighted by Crippen LogP contribution is 2.23. The van der Waals surface area contributed by atoms with Crippen LogP contribution in [-0.4, -0.2) is 30.8 Å². The molecule has 2 rings (SSSR count). The zero-order valence-corrected chi connectivity index (χ0v) is 15.0. The molecule has 0 aliphatic carbocycles. The van der Waals surface area contributed by atoms with E-state index in [2.05, 4.69) is 5.32 Å². The highest BCUT2D eigenvalue weighted by Gasteiger charge is 2.17. The average molecular weight is 359 g/mol. The summed E-state index contributed by atoms with van der Waals surface area (Å²) in [5.74, 6) is -0.0647. The molecular formula is C19H21NO4S. The fourth-order valence-corrected chi connectivity index (χ4v) is 2.99. The van der Waals surface area contributed by atoms with E-state index in [0.717, 1.165) is 10.5 Å². The van der Waals surface area contributed by atoms with Crippen LogP contribution in [0.3, 0.4) is 0 Å². The molecule has 0 radical (unpaired) electrons. The van der Waals surface area contributed by atoms with Crippen LogP contribution in [0.2, 0.25) is 0 Å². The van der Waals surface area contributed by atoms with Gasteiger partial charge in [0.05, 0.1) is 7.11 Å². The molecule has 0 aromatic heterocycles. The molecule has 6 heteroatoms. The Morgan fingerprint density at radius 3 is 2.48 bits per heavy atom. The Bertz CT molecular complexity index is 706. The molecule has 0 unspecified atom stereocenters. The van der Waals surface area contributed by atoms with Crippen LogP contribution < -0.4 is 10.1 Å². The second-order valence-corrected chi connectivity index (χ2v) is 6.68. The van der Waals surface area contributed by atoms with Crippen molar-refractivity contribution in [3.8, 4) is 5.75 Å². The lowest BCUT2D eigenvalue weighted by molar-refractivity contribution is -0.147. The Morgan fingerprint density at radius 1 is 1.08 bits per heavy atom. The van der Waals surface area contributed by atoms with Crippen molar-refractivity contribution in [1.82, 2.24) is 5.32 Å². The minimum atomic E-state index is -0.415. The first-order valence-corrected chi connectivity index (χ1v) is 8.75. The summed E-state index contributed by atoms with van der Waals surface area (Å²) in [7, 11) is 1.58. The lowest BCUT2D eigenvalue weighted by atomic mass is 10.2. The molecular weight excluding hydrogens is 338 g/mol. The maximum atomic E-state index is 12.0. The van der Waals surface area contributed by atoms with Crippen molar-refractivity contribution in [2.45, 2.75) is 23.6 Å². The van der Waals surface area contributed by atoms with Gasteiger partial charge in [0.25, 0.3) is 5.91 Å². The van der Waals surface area contributed by atoms with E-state index < -0.39 is 5.97 Å². The Labute approximate surface area is 151 Å². The summed E-state index contributed by atoms with van der Waals surface area (Å²) in [4.78, 5) is 24.8. The number of thioether (sulfide) groups is 1. The molecule has 5 nitrogen and oxygen atoms in total. The minimum Gasteiger partial charge on any atom is -0.496 e. The molecule has 0 saturated heterocycles. The second-order valence-electron chi connectivity index (χ2n) is 5.27. The molecule has 2 aromatic rings. The number of hydrogen-bond donors (Lipinski definition) is 1. The Kier molecular flexibility index (Phi) is 7.35. The number of ether oxygens (including phenoxy) is 2. The van der Waals surface area contributed by atoms with Gasteiger partial charge < -0.3 is 14.8 Å². The zero-order valence-electron chi connectivity index (χ0n) is 14.2. The maximum Gasteiger partial charge on any atom is 0.319 e. The standard InChI is InChI=1S/C19H21NO4S/c1-14(25-16-9-4-3-5-10-16)19(22)24-13-18(21)20-12-15-8-6-7-11-17(15)23-2/h3-11,14H,12-13H2,1-2H3,(H,20,21)/t14-/m1/s1. The number of amides is 1. The number of rotatable bonds is 8. The molecule has 0 fully saturated rings. The number of hydrogen-bond acceptors (Lipinski definition) is 5. The predicted molar refractivity (Wildman–Crippen MR) is 97.6 cm³/mol. The normalized spacial score (nSPS) is 11.4. The van der Waals surface area contributed by atoms with Gasteiger partial charge >= 0.3 is 5.97 Å². The van der Waals surface area contributed by atoms with E-state index in [0.29, 0.717) is 12.3 Å². The van der Waals surface area contributed by atoms with E-state index in [9.17, 15) is 9.59 Å². The van der Waals surface area contributed by atoms with Crippen LogP contribution in [0.25, 0.3) is 0 Å². The lowest BCUT2D eigenvalue weighted by Gasteiger charge is -2.12. The summed E-state index contributed by atoms with van der Waals surface area (Å²) in [6.07, 6.45) is 0. The van der Waals surface area contributed by atoms with Gasteiger partial charge in [-0.3, -0.25) is 9.59 Å². The molecule has 1 atom stereocenters. The molecule has 2 aromatic carbocycles. The maximum absolute atomic E-state index is 12.0. The summed E-state index contributed by atoms with van der Waals surface area (Å²) in [5.41, 5.74) is 0.859. The van der Waals surface area contributed by atoms with Crippen LogP contribution in [0.5, 0.6) is 5.75 Å². The smallest absolute Gasteiger partial charge is 0.319 e. The van der Waals surface area contributed by atoms with Crippen LogP contribution >= 0.6 is 11.8 Å². The average Bonchev–Trinajstić information content (AvgIpc) is 2.65. The number of methoxy groups -OCH3 is 1. The summed E-state index contributed by atoms with van der Waals surface area (Å²) >= 11 is 1.40. The fourth-order valence-electron chi connectivity index (χ4n) is 2.10. The fraction of sp³-hybridized carbons (Fsp3) is 0.263. The van der Waals surface area contributed by atoms with Gasteiger partial charge in [-0.15, -0.1) is 11.8 Å². The number of carbonyl (C=O) groups excluding carboxylic acids is 2. The number of esters is 1. The van der Waals surface area contributed by atoms with Crippen molar-refractivity contribution in [2.75, 3.05) is 13.7 Å². The van der Waals surface area contributed by atoms with E-state index in [1.807, 2.05) is 54.6 Å². The van der Waals surface area contributed by atoms with Crippen LogP contribution in [0, 0.1) is 0 Å². The molecule has 1 amide bonds. The van der Waals surface area contributed by atoms with Gasteiger partial charge in [0.1, 0.15) is 11.0 Å². The topological polar surface area (TPSA) is 64.6 Å². The van der Waals surface area contributed by atoms with Crippen molar-refractivity contribution in [3.05, 3.63) is 60.2 Å². The number of benzene rings is 2.